The maximum absolute atomic E-state index is 12.9. The van der Waals surface area contributed by atoms with Crippen LogP contribution in [-0.4, -0.2) is 20.1 Å². The Balaban J connectivity index is 2.33. The Bertz CT molecular complexity index is 774. The molecule has 25 heavy (non-hydrogen) atoms. The van der Waals surface area contributed by atoms with E-state index in [4.69, 9.17) is 17.0 Å². The van der Waals surface area contributed by atoms with E-state index >= 15 is 0 Å². The molecule has 0 saturated heterocycles. The summed E-state index contributed by atoms with van der Waals surface area (Å²) in [6.45, 7) is 2.03. The van der Waals surface area contributed by atoms with Crippen molar-refractivity contribution in [2.75, 3.05) is 23.9 Å². The Kier molecular flexibility index (Phi) is 5.62. The number of benzene rings is 2. The first-order chi connectivity index (χ1) is 11.6. The van der Waals surface area contributed by atoms with Gasteiger partial charge in [0.25, 0.3) is 0 Å². The van der Waals surface area contributed by atoms with Crippen molar-refractivity contribution in [1.82, 2.24) is 0 Å². The van der Waals surface area contributed by atoms with Gasteiger partial charge < -0.3 is 9.80 Å². The van der Waals surface area contributed by atoms with Crippen LogP contribution in [0.2, 0.25) is 5.02 Å². The van der Waals surface area contributed by atoms with Gasteiger partial charge in [-0.15, -0.1) is 0 Å². The van der Waals surface area contributed by atoms with Crippen molar-refractivity contribution in [3.63, 3.8) is 0 Å². The van der Waals surface area contributed by atoms with Gasteiger partial charge in [0.15, 0.2) is 0 Å². The zero-order valence-electron chi connectivity index (χ0n) is 14.2. The lowest BCUT2D eigenvalue weighted by atomic mass is 10.1. The first-order valence-electron chi connectivity index (χ1n) is 7.66. The molecule has 2 rings (SSSR count). The SMILES string of the molecule is CCc1cccc(N(C)C(=N)N(C)c2cc(C(F)(F)F)ccc2Cl)c1. The summed E-state index contributed by atoms with van der Waals surface area (Å²) < 4.78 is 38.8. The van der Waals surface area contributed by atoms with Crippen LogP contribution in [0.1, 0.15) is 18.1 Å². The highest BCUT2D eigenvalue weighted by Crippen LogP contribution is 2.35. The van der Waals surface area contributed by atoms with E-state index in [0.29, 0.717) is 0 Å². The molecule has 0 aliphatic rings. The summed E-state index contributed by atoms with van der Waals surface area (Å²) in [5.74, 6) is 0.00878. The Morgan fingerprint density at radius 1 is 1.08 bits per heavy atom. The summed E-state index contributed by atoms with van der Waals surface area (Å²) in [6.07, 6.45) is -3.62. The topological polar surface area (TPSA) is 30.3 Å². The van der Waals surface area contributed by atoms with Gasteiger partial charge in [0.05, 0.1) is 16.3 Å². The molecular formula is C18H19ClF3N3. The van der Waals surface area contributed by atoms with E-state index in [1.54, 1.807) is 11.9 Å². The first-order valence-corrected chi connectivity index (χ1v) is 8.04. The smallest absolute Gasteiger partial charge is 0.316 e. The van der Waals surface area contributed by atoms with Crippen LogP contribution in [0.25, 0.3) is 0 Å². The van der Waals surface area contributed by atoms with Crippen molar-refractivity contribution in [2.24, 2.45) is 0 Å². The molecule has 134 valence electrons. The molecule has 0 amide bonds. The molecule has 2 aromatic carbocycles. The molecule has 0 aromatic heterocycles. The minimum Gasteiger partial charge on any atom is -0.316 e. The molecule has 2 aromatic rings. The van der Waals surface area contributed by atoms with Crippen LogP contribution in [0.5, 0.6) is 0 Å². The van der Waals surface area contributed by atoms with Gasteiger partial charge >= 0.3 is 6.18 Å². The number of alkyl halides is 3. The average molecular weight is 370 g/mol. The van der Waals surface area contributed by atoms with E-state index in [0.717, 1.165) is 29.8 Å². The predicted octanol–water partition coefficient (Wildman–Crippen LogP) is 5.43. The van der Waals surface area contributed by atoms with Gasteiger partial charge in [0.1, 0.15) is 0 Å². The van der Waals surface area contributed by atoms with Crippen LogP contribution >= 0.6 is 11.6 Å². The summed E-state index contributed by atoms with van der Waals surface area (Å²) >= 11 is 6.06. The van der Waals surface area contributed by atoms with Gasteiger partial charge in [-0.05, 0) is 42.3 Å². The third-order valence-corrected chi connectivity index (χ3v) is 4.30. The monoisotopic (exact) mass is 369 g/mol. The van der Waals surface area contributed by atoms with Crippen LogP contribution in [0.4, 0.5) is 24.5 Å². The molecule has 7 heteroatoms. The molecule has 3 nitrogen and oxygen atoms in total. The highest BCUT2D eigenvalue weighted by atomic mass is 35.5. The minimum absolute atomic E-state index is 0.00878. The van der Waals surface area contributed by atoms with E-state index < -0.39 is 11.7 Å². The van der Waals surface area contributed by atoms with Crippen LogP contribution in [-0.2, 0) is 12.6 Å². The van der Waals surface area contributed by atoms with Crippen molar-refractivity contribution in [1.29, 1.82) is 5.41 Å². The first kappa shape index (κ1) is 19.1. The number of aryl methyl sites for hydroxylation is 1. The molecule has 0 atom stereocenters. The van der Waals surface area contributed by atoms with Gasteiger partial charge in [0.2, 0.25) is 5.96 Å². The van der Waals surface area contributed by atoms with Crippen molar-refractivity contribution < 1.29 is 13.2 Å². The van der Waals surface area contributed by atoms with Gasteiger partial charge in [-0.2, -0.15) is 13.2 Å². The van der Waals surface area contributed by atoms with Crippen LogP contribution in [0, 0.1) is 5.41 Å². The summed E-state index contributed by atoms with van der Waals surface area (Å²) in [5.41, 5.74) is 1.21. The molecule has 1 N–H and O–H groups in total. The lowest BCUT2D eigenvalue weighted by Gasteiger charge is -2.29. The maximum Gasteiger partial charge on any atom is 0.416 e. The number of nitrogens with one attached hydrogen (secondary N) is 1. The second-order valence-electron chi connectivity index (χ2n) is 5.63. The van der Waals surface area contributed by atoms with Crippen LogP contribution < -0.4 is 9.80 Å². The Labute approximate surface area is 150 Å². The molecule has 0 heterocycles. The van der Waals surface area contributed by atoms with E-state index in [2.05, 4.69) is 0 Å². The van der Waals surface area contributed by atoms with Gasteiger partial charge in [0, 0.05) is 19.8 Å². The summed E-state index contributed by atoms with van der Waals surface area (Å²) in [7, 11) is 3.21. The number of nitrogens with zero attached hydrogens (tertiary/aromatic N) is 2. The number of guanidine groups is 1. The van der Waals surface area contributed by atoms with Crippen LogP contribution in [0.3, 0.4) is 0 Å². The van der Waals surface area contributed by atoms with Crippen molar-refractivity contribution >= 4 is 28.9 Å². The molecule has 0 saturated carbocycles. The van der Waals surface area contributed by atoms with Crippen LogP contribution in [0.15, 0.2) is 42.5 Å². The lowest BCUT2D eigenvalue weighted by molar-refractivity contribution is -0.137. The van der Waals surface area contributed by atoms with Gasteiger partial charge in [-0.1, -0.05) is 30.7 Å². The highest BCUT2D eigenvalue weighted by molar-refractivity contribution is 6.34. The lowest BCUT2D eigenvalue weighted by Crippen LogP contribution is -2.40. The molecule has 0 unspecified atom stereocenters. The molecule has 0 radical (unpaired) electrons. The predicted molar refractivity (Wildman–Crippen MR) is 96.8 cm³/mol. The second kappa shape index (κ2) is 7.35. The van der Waals surface area contributed by atoms with E-state index in [1.165, 1.54) is 18.0 Å². The van der Waals surface area contributed by atoms with Crippen molar-refractivity contribution in [2.45, 2.75) is 19.5 Å². The zero-order chi connectivity index (χ0) is 18.8. The van der Waals surface area contributed by atoms with Gasteiger partial charge in [-0.3, -0.25) is 5.41 Å². The number of hydrogen-bond donors (Lipinski definition) is 1. The maximum atomic E-state index is 12.9. The normalized spacial score (nSPS) is 11.3. The largest absolute Gasteiger partial charge is 0.416 e. The van der Waals surface area contributed by atoms with Crippen molar-refractivity contribution in [3.05, 3.63) is 58.6 Å². The Morgan fingerprint density at radius 3 is 2.36 bits per heavy atom. The Morgan fingerprint density at radius 2 is 1.76 bits per heavy atom. The number of rotatable bonds is 3. The molecule has 0 spiro atoms. The fourth-order valence-corrected chi connectivity index (χ4v) is 2.64. The number of hydrogen-bond acceptors (Lipinski definition) is 1. The standard InChI is InChI=1S/C18H19ClF3N3/c1-4-12-6-5-7-14(10-12)24(2)17(23)25(3)16-11-13(18(20,21)22)8-9-15(16)19/h5-11,23H,4H2,1-3H3. The highest BCUT2D eigenvalue weighted by Gasteiger charge is 2.31. The Hall–Kier alpha value is -2.21. The molecular weight excluding hydrogens is 351 g/mol. The minimum atomic E-state index is -4.47. The third-order valence-electron chi connectivity index (χ3n) is 3.98. The fraction of sp³-hybridized carbons (Fsp3) is 0.278. The van der Waals surface area contributed by atoms with E-state index in [1.807, 2.05) is 31.2 Å². The van der Waals surface area contributed by atoms with E-state index in [9.17, 15) is 13.2 Å². The third kappa shape index (κ3) is 4.25. The quantitative estimate of drug-likeness (QED) is 0.577. The zero-order valence-corrected chi connectivity index (χ0v) is 14.9. The molecule has 0 bridgehead atoms. The summed E-state index contributed by atoms with van der Waals surface area (Å²) in [5, 5.41) is 8.49. The average Bonchev–Trinajstić information content (AvgIpc) is 2.59. The molecule has 0 fully saturated rings. The second-order valence-corrected chi connectivity index (χ2v) is 6.04. The molecule has 0 aliphatic heterocycles. The summed E-state index contributed by atoms with van der Waals surface area (Å²) in [6, 6.07) is 10.7. The number of anilines is 2. The fourth-order valence-electron chi connectivity index (χ4n) is 2.39. The van der Waals surface area contributed by atoms with Gasteiger partial charge in [-0.25, -0.2) is 0 Å². The molecule has 0 aliphatic carbocycles. The van der Waals surface area contributed by atoms with E-state index in [-0.39, 0.29) is 16.7 Å². The summed E-state index contributed by atoms with van der Waals surface area (Å²) in [4.78, 5) is 2.92. The number of halogens is 4. The van der Waals surface area contributed by atoms with Crippen molar-refractivity contribution in [3.8, 4) is 0 Å².